The van der Waals surface area contributed by atoms with Crippen LogP contribution in [-0.4, -0.2) is 48.8 Å². The van der Waals surface area contributed by atoms with E-state index in [0.717, 1.165) is 7.11 Å². The number of aliphatic hydroxyl groups is 1. The zero-order valence-corrected chi connectivity index (χ0v) is 13.6. The van der Waals surface area contributed by atoms with Crippen molar-refractivity contribution in [3.8, 4) is 0 Å². The Labute approximate surface area is 138 Å². The van der Waals surface area contributed by atoms with E-state index in [9.17, 15) is 19.7 Å². The number of nitrogens with zero attached hydrogens (tertiary/aromatic N) is 1. The number of carbonyl (C=O) groups is 2. The number of nitrogens with one attached hydrogen (secondary N) is 1. The molecule has 0 radical (unpaired) electrons. The largest absolute Gasteiger partial charge is 0.467 e. The first-order valence-corrected chi connectivity index (χ1v) is 7.13. The summed E-state index contributed by atoms with van der Waals surface area (Å²) in [5.41, 5.74) is 0.354. The highest BCUT2D eigenvalue weighted by molar-refractivity contribution is 5.88. The number of amides is 1. The Morgan fingerprint density at radius 3 is 2.54 bits per heavy atom. The maximum Gasteiger partial charge on any atom is 0.328 e. The van der Waals surface area contributed by atoms with Crippen LogP contribution in [0.15, 0.2) is 18.2 Å². The van der Waals surface area contributed by atoms with E-state index in [1.807, 2.05) is 0 Å². The number of hydrogen-bond acceptors (Lipinski definition) is 7. The van der Waals surface area contributed by atoms with Gasteiger partial charge in [0, 0.05) is 26.2 Å². The van der Waals surface area contributed by atoms with E-state index in [-0.39, 0.29) is 24.3 Å². The summed E-state index contributed by atoms with van der Waals surface area (Å²) in [6.45, 7) is 1.27. The summed E-state index contributed by atoms with van der Waals surface area (Å²) in [7, 11) is 2.39. The van der Waals surface area contributed by atoms with Crippen molar-refractivity contribution in [2.24, 2.45) is 0 Å². The third-order valence-electron chi connectivity index (χ3n) is 3.45. The van der Waals surface area contributed by atoms with Gasteiger partial charge in [-0.1, -0.05) is 12.1 Å². The lowest BCUT2D eigenvalue weighted by Gasteiger charge is -2.21. The highest BCUT2D eigenvalue weighted by Crippen LogP contribution is 2.30. The molecule has 9 heteroatoms. The number of ether oxygens (including phenoxy) is 2. The van der Waals surface area contributed by atoms with Crippen LogP contribution in [0.2, 0.25) is 0 Å². The van der Waals surface area contributed by atoms with E-state index in [4.69, 9.17) is 9.84 Å². The number of methoxy groups -OCH3 is 2. The normalized spacial score (nSPS) is 13.0. The minimum atomic E-state index is -1.28. The molecular formula is C15H20N2O7. The quantitative estimate of drug-likeness (QED) is 0.403. The highest BCUT2D eigenvalue weighted by atomic mass is 16.6. The minimum absolute atomic E-state index is 0.0509. The zero-order valence-electron chi connectivity index (χ0n) is 13.6. The summed E-state index contributed by atoms with van der Waals surface area (Å²) in [4.78, 5) is 34.7. The van der Waals surface area contributed by atoms with Gasteiger partial charge in [0.2, 0.25) is 0 Å². The number of benzene rings is 1. The second-order valence-electron chi connectivity index (χ2n) is 4.98. The van der Waals surface area contributed by atoms with Crippen LogP contribution in [0, 0.1) is 17.0 Å². The number of hydrogen-bond donors (Lipinski definition) is 2. The van der Waals surface area contributed by atoms with Crippen LogP contribution in [-0.2, 0) is 19.1 Å². The zero-order chi connectivity index (χ0) is 18.3. The molecule has 1 rings (SSSR count). The fourth-order valence-electron chi connectivity index (χ4n) is 2.29. The van der Waals surface area contributed by atoms with Crippen molar-refractivity contribution in [2.45, 2.75) is 25.5 Å². The van der Waals surface area contributed by atoms with Crippen molar-refractivity contribution < 1.29 is 29.1 Å². The first-order valence-electron chi connectivity index (χ1n) is 7.13. The number of carbonyl (C=O) groups excluding carboxylic acids is 2. The van der Waals surface area contributed by atoms with E-state index in [0.29, 0.717) is 5.56 Å². The molecule has 0 heterocycles. The number of nitro groups is 1. The lowest BCUT2D eigenvalue weighted by Crippen LogP contribution is -2.44. The first kappa shape index (κ1) is 19.5. The van der Waals surface area contributed by atoms with Gasteiger partial charge in [0.05, 0.1) is 17.6 Å². The Kier molecular flexibility index (Phi) is 7.28. The smallest absolute Gasteiger partial charge is 0.328 e. The first-order chi connectivity index (χ1) is 11.4. The molecule has 0 fully saturated rings. The summed E-state index contributed by atoms with van der Waals surface area (Å²) in [5, 5.41) is 22.6. The van der Waals surface area contributed by atoms with E-state index in [2.05, 4.69) is 10.1 Å². The molecule has 0 spiro atoms. The van der Waals surface area contributed by atoms with E-state index < -0.39 is 28.9 Å². The average Bonchev–Trinajstić information content (AvgIpc) is 2.55. The van der Waals surface area contributed by atoms with Gasteiger partial charge >= 0.3 is 5.97 Å². The molecule has 0 aliphatic rings. The third kappa shape index (κ3) is 4.49. The second-order valence-corrected chi connectivity index (χ2v) is 4.98. The summed E-state index contributed by atoms with van der Waals surface area (Å²) >= 11 is 0. The molecule has 1 amide bonds. The van der Waals surface area contributed by atoms with Gasteiger partial charge in [0.15, 0.2) is 6.10 Å². The van der Waals surface area contributed by atoms with Crippen LogP contribution < -0.4 is 5.32 Å². The Bertz CT molecular complexity index is 618. The van der Waals surface area contributed by atoms with E-state index in [1.54, 1.807) is 13.0 Å². The molecule has 1 unspecified atom stereocenters. The van der Waals surface area contributed by atoms with Gasteiger partial charge in [0.25, 0.3) is 11.6 Å². The Hall–Kier alpha value is -2.52. The van der Waals surface area contributed by atoms with Crippen LogP contribution in [0.5, 0.6) is 0 Å². The van der Waals surface area contributed by atoms with Crippen LogP contribution in [0.4, 0.5) is 5.69 Å². The van der Waals surface area contributed by atoms with Gasteiger partial charge in [-0.15, -0.1) is 0 Å². The number of aliphatic hydroxyl groups excluding tert-OH is 1. The molecule has 0 aromatic heterocycles. The second kappa shape index (κ2) is 8.94. The predicted molar refractivity (Wildman–Crippen MR) is 83.2 cm³/mol. The van der Waals surface area contributed by atoms with Crippen molar-refractivity contribution in [3.63, 3.8) is 0 Å². The van der Waals surface area contributed by atoms with Gasteiger partial charge in [-0.2, -0.15) is 0 Å². The van der Waals surface area contributed by atoms with Crippen molar-refractivity contribution in [1.82, 2.24) is 5.32 Å². The molecule has 0 saturated carbocycles. The van der Waals surface area contributed by atoms with Gasteiger partial charge in [-0.25, -0.2) is 4.79 Å². The maximum absolute atomic E-state index is 12.5. The Morgan fingerprint density at radius 2 is 2.04 bits per heavy atom. The summed E-state index contributed by atoms with van der Waals surface area (Å²) in [5.74, 6) is -1.47. The van der Waals surface area contributed by atoms with Crippen molar-refractivity contribution in [2.75, 3.05) is 20.8 Å². The molecule has 132 valence electrons. The highest BCUT2D eigenvalue weighted by Gasteiger charge is 2.32. The van der Waals surface area contributed by atoms with Gasteiger partial charge < -0.3 is 19.9 Å². The van der Waals surface area contributed by atoms with E-state index >= 15 is 0 Å². The van der Waals surface area contributed by atoms with Crippen molar-refractivity contribution in [3.05, 3.63) is 39.4 Å². The lowest BCUT2D eigenvalue weighted by molar-refractivity contribution is -0.386. The molecule has 2 atom stereocenters. The Morgan fingerprint density at radius 1 is 1.38 bits per heavy atom. The standard InChI is InChI=1S/C15H20N2O7/c1-9-5-4-6-11(17(21)22)12(9)13(23-2)14(19)16-10(7-8-18)15(20)24-3/h4-6,10,13,18H,7-8H2,1-3H3,(H,16,19)/t10-,13?/m0/s1. The molecule has 2 N–H and O–H groups in total. The van der Waals surface area contributed by atoms with Crippen molar-refractivity contribution >= 4 is 17.6 Å². The molecule has 0 aliphatic carbocycles. The van der Waals surface area contributed by atoms with Gasteiger partial charge in [0.1, 0.15) is 6.04 Å². The molecular weight excluding hydrogens is 320 g/mol. The van der Waals surface area contributed by atoms with Crippen molar-refractivity contribution in [1.29, 1.82) is 0 Å². The Balaban J connectivity index is 3.15. The number of esters is 1. The molecule has 1 aromatic carbocycles. The van der Waals surface area contributed by atoms with Gasteiger partial charge in [-0.05, 0) is 12.5 Å². The topological polar surface area (TPSA) is 128 Å². The number of nitro benzene ring substituents is 1. The lowest BCUT2D eigenvalue weighted by atomic mass is 10.00. The summed E-state index contributed by atoms with van der Waals surface area (Å²) < 4.78 is 9.69. The molecule has 0 aliphatic heterocycles. The fraction of sp³-hybridized carbons (Fsp3) is 0.467. The number of aryl methyl sites for hydroxylation is 1. The van der Waals surface area contributed by atoms with Crippen LogP contribution >= 0.6 is 0 Å². The number of rotatable bonds is 8. The van der Waals surface area contributed by atoms with E-state index in [1.165, 1.54) is 19.2 Å². The van der Waals surface area contributed by atoms with Crippen LogP contribution in [0.25, 0.3) is 0 Å². The fourth-order valence-corrected chi connectivity index (χ4v) is 2.29. The minimum Gasteiger partial charge on any atom is -0.467 e. The molecule has 1 aromatic rings. The molecule has 0 saturated heterocycles. The molecule has 0 bridgehead atoms. The molecule has 24 heavy (non-hydrogen) atoms. The van der Waals surface area contributed by atoms with Gasteiger partial charge in [-0.3, -0.25) is 14.9 Å². The summed E-state index contributed by atoms with van der Waals surface area (Å²) in [6.07, 6.45) is -1.33. The maximum atomic E-state index is 12.5. The molecule has 9 nitrogen and oxygen atoms in total. The third-order valence-corrected chi connectivity index (χ3v) is 3.45. The monoisotopic (exact) mass is 340 g/mol. The average molecular weight is 340 g/mol. The SMILES string of the molecule is COC(=O)[C@H](CCO)NC(=O)C(OC)c1c(C)cccc1[N+](=O)[O-]. The van der Waals surface area contributed by atoms with Crippen LogP contribution in [0.1, 0.15) is 23.7 Å². The predicted octanol–water partition coefficient (Wildman–Crippen LogP) is 0.631. The summed E-state index contributed by atoms with van der Waals surface area (Å²) in [6, 6.07) is 3.32. The van der Waals surface area contributed by atoms with Crippen LogP contribution in [0.3, 0.4) is 0 Å².